The van der Waals surface area contributed by atoms with Gasteiger partial charge in [0.2, 0.25) is 0 Å². The average Bonchev–Trinajstić information content (AvgIpc) is 2.30. The molecule has 0 amide bonds. The molecule has 1 aliphatic rings. The lowest BCUT2D eigenvalue weighted by atomic mass is 9.86. The van der Waals surface area contributed by atoms with Crippen molar-refractivity contribution in [1.29, 1.82) is 0 Å². The Morgan fingerprint density at radius 1 is 1.25 bits per heavy atom. The molecule has 1 fully saturated rings. The lowest BCUT2D eigenvalue weighted by Crippen LogP contribution is -2.21. The Morgan fingerprint density at radius 2 is 2.00 bits per heavy atom. The zero-order valence-corrected chi connectivity index (χ0v) is 10.4. The predicted octanol–water partition coefficient (Wildman–Crippen LogP) is 4.20. The molecule has 88 valence electrons. The van der Waals surface area contributed by atoms with Crippen LogP contribution in [-0.4, -0.2) is 6.61 Å². The molecule has 0 saturated carbocycles. The van der Waals surface area contributed by atoms with E-state index in [1.165, 1.54) is 24.8 Å². The van der Waals surface area contributed by atoms with Gasteiger partial charge in [0.25, 0.3) is 0 Å². The lowest BCUT2D eigenvalue weighted by Gasteiger charge is -2.30. The van der Waals surface area contributed by atoms with E-state index in [9.17, 15) is 0 Å². The van der Waals surface area contributed by atoms with Crippen LogP contribution in [0.3, 0.4) is 0 Å². The minimum Gasteiger partial charge on any atom is -0.374 e. The lowest BCUT2D eigenvalue weighted by molar-refractivity contribution is -0.0144. The fourth-order valence-electron chi connectivity index (χ4n) is 2.65. The summed E-state index contributed by atoms with van der Waals surface area (Å²) >= 11 is 0. The van der Waals surface area contributed by atoms with Crippen LogP contribution in [0.25, 0.3) is 0 Å². The summed E-state index contributed by atoms with van der Waals surface area (Å²) in [5.41, 5.74) is 1.34. The summed E-state index contributed by atoms with van der Waals surface area (Å²) in [5.74, 6) is 1.65. The van der Waals surface area contributed by atoms with Crippen molar-refractivity contribution in [3.05, 3.63) is 35.9 Å². The van der Waals surface area contributed by atoms with Crippen molar-refractivity contribution in [3.8, 4) is 0 Å². The summed E-state index contributed by atoms with van der Waals surface area (Å²) in [7, 11) is 0. The van der Waals surface area contributed by atoms with Crippen molar-refractivity contribution >= 4 is 0 Å². The molecule has 1 aliphatic heterocycles. The van der Waals surface area contributed by atoms with Gasteiger partial charge in [-0.05, 0) is 36.7 Å². The standard InChI is InChI=1S/C15H22O/c1-12(2)10-13-8-9-16-15(11-13)14-6-4-3-5-7-14/h3-7,12-13,15H,8-11H2,1-2H3/t13-,15-/m1/s1. The largest absolute Gasteiger partial charge is 0.374 e. The molecular formula is C15H22O. The summed E-state index contributed by atoms with van der Waals surface area (Å²) in [6.07, 6.45) is 4.11. The van der Waals surface area contributed by atoms with Crippen molar-refractivity contribution in [2.75, 3.05) is 6.61 Å². The van der Waals surface area contributed by atoms with Crippen LogP contribution in [0, 0.1) is 11.8 Å². The molecule has 1 heteroatoms. The van der Waals surface area contributed by atoms with E-state index >= 15 is 0 Å². The first-order chi connectivity index (χ1) is 7.75. The van der Waals surface area contributed by atoms with Gasteiger partial charge in [-0.1, -0.05) is 44.2 Å². The van der Waals surface area contributed by atoms with Crippen molar-refractivity contribution in [2.45, 2.75) is 39.2 Å². The Hall–Kier alpha value is -0.820. The second-order valence-electron chi connectivity index (χ2n) is 5.29. The zero-order valence-electron chi connectivity index (χ0n) is 10.4. The van der Waals surface area contributed by atoms with Crippen LogP contribution in [0.5, 0.6) is 0 Å². The summed E-state index contributed by atoms with van der Waals surface area (Å²) in [5, 5.41) is 0. The van der Waals surface area contributed by atoms with Crippen molar-refractivity contribution < 1.29 is 4.74 Å². The monoisotopic (exact) mass is 218 g/mol. The van der Waals surface area contributed by atoms with E-state index in [1.807, 2.05) is 0 Å². The first kappa shape index (κ1) is 11.7. The van der Waals surface area contributed by atoms with Gasteiger partial charge in [-0.3, -0.25) is 0 Å². The maximum Gasteiger partial charge on any atom is 0.0827 e. The summed E-state index contributed by atoms with van der Waals surface area (Å²) in [6, 6.07) is 10.6. The Labute approximate surface area is 98.8 Å². The predicted molar refractivity (Wildman–Crippen MR) is 67.3 cm³/mol. The van der Waals surface area contributed by atoms with E-state index in [1.54, 1.807) is 0 Å². The van der Waals surface area contributed by atoms with Crippen molar-refractivity contribution in [1.82, 2.24) is 0 Å². The molecule has 0 N–H and O–H groups in total. The Bertz CT molecular complexity index is 304. The van der Waals surface area contributed by atoms with E-state index in [2.05, 4.69) is 44.2 Å². The van der Waals surface area contributed by atoms with Gasteiger partial charge in [0.15, 0.2) is 0 Å². The van der Waals surface area contributed by atoms with Crippen LogP contribution >= 0.6 is 0 Å². The van der Waals surface area contributed by atoms with Gasteiger partial charge in [0, 0.05) is 6.61 Å². The molecule has 0 aliphatic carbocycles. The third-order valence-corrected chi connectivity index (χ3v) is 3.37. The molecule has 0 unspecified atom stereocenters. The minimum absolute atomic E-state index is 0.332. The molecule has 1 heterocycles. The molecule has 1 saturated heterocycles. The summed E-state index contributed by atoms with van der Waals surface area (Å²) in [4.78, 5) is 0. The van der Waals surface area contributed by atoms with Crippen LogP contribution in [0.1, 0.15) is 44.8 Å². The topological polar surface area (TPSA) is 9.23 Å². The zero-order chi connectivity index (χ0) is 11.4. The van der Waals surface area contributed by atoms with Gasteiger partial charge in [0.1, 0.15) is 0 Å². The fraction of sp³-hybridized carbons (Fsp3) is 0.600. The van der Waals surface area contributed by atoms with E-state index in [-0.39, 0.29) is 0 Å². The molecular weight excluding hydrogens is 196 g/mol. The first-order valence-corrected chi connectivity index (χ1v) is 6.42. The maximum absolute atomic E-state index is 5.88. The first-order valence-electron chi connectivity index (χ1n) is 6.42. The molecule has 16 heavy (non-hydrogen) atoms. The Morgan fingerprint density at radius 3 is 2.69 bits per heavy atom. The smallest absolute Gasteiger partial charge is 0.0827 e. The number of hydrogen-bond acceptors (Lipinski definition) is 1. The number of hydrogen-bond donors (Lipinski definition) is 0. The Balaban J connectivity index is 1.97. The van der Waals surface area contributed by atoms with Crippen LogP contribution < -0.4 is 0 Å². The SMILES string of the molecule is CC(C)C[C@H]1CCO[C@@H](c2ccccc2)C1. The van der Waals surface area contributed by atoms with Crippen LogP contribution in [0.2, 0.25) is 0 Å². The molecule has 2 rings (SSSR count). The Kier molecular flexibility index (Phi) is 4.00. The summed E-state index contributed by atoms with van der Waals surface area (Å²) < 4.78 is 5.88. The minimum atomic E-state index is 0.332. The van der Waals surface area contributed by atoms with Crippen molar-refractivity contribution in [3.63, 3.8) is 0 Å². The van der Waals surface area contributed by atoms with E-state index < -0.39 is 0 Å². The molecule has 1 nitrogen and oxygen atoms in total. The van der Waals surface area contributed by atoms with Crippen LogP contribution in [-0.2, 0) is 4.74 Å². The normalized spacial score (nSPS) is 25.9. The third-order valence-electron chi connectivity index (χ3n) is 3.37. The van der Waals surface area contributed by atoms with Gasteiger partial charge < -0.3 is 4.74 Å². The van der Waals surface area contributed by atoms with E-state index in [4.69, 9.17) is 4.74 Å². The summed E-state index contributed by atoms with van der Waals surface area (Å²) in [6.45, 7) is 5.55. The molecule has 2 atom stereocenters. The molecule has 1 aromatic rings. The number of benzene rings is 1. The second-order valence-corrected chi connectivity index (χ2v) is 5.29. The highest BCUT2D eigenvalue weighted by atomic mass is 16.5. The van der Waals surface area contributed by atoms with Gasteiger partial charge in [-0.15, -0.1) is 0 Å². The van der Waals surface area contributed by atoms with E-state index in [0.717, 1.165) is 18.4 Å². The molecule has 0 bridgehead atoms. The van der Waals surface area contributed by atoms with Gasteiger partial charge in [0.05, 0.1) is 6.10 Å². The molecule has 0 radical (unpaired) electrons. The van der Waals surface area contributed by atoms with Crippen LogP contribution in [0.15, 0.2) is 30.3 Å². The highest BCUT2D eigenvalue weighted by Gasteiger charge is 2.24. The maximum atomic E-state index is 5.88. The highest BCUT2D eigenvalue weighted by Crippen LogP contribution is 2.34. The fourth-order valence-corrected chi connectivity index (χ4v) is 2.65. The molecule has 0 spiro atoms. The van der Waals surface area contributed by atoms with Crippen molar-refractivity contribution in [2.24, 2.45) is 11.8 Å². The molecule has 1 aromatic carbocycles. The average molecular weight is 218 g/mol. The number of ether oxygens (including phenoxy) is 1. The second kappa shape index (κ2) is 5.49. The van der Waals surface area contributed by atoms with E-state index in [0.29, 0.717) is 6.10 Å². The van der Waals surface area contributed by atoms with Gasteiger partial charge >= 0.3 is 0 Å². The van der Waals surface area contributed by atoms with Crippen LogP contribution in [0.4, 0.5) is 0 Å². The highest BCUT2D eigenvalue weighted by molar-refractivity contribution is 5.17. The van der Waals surface area contributed by atoms with Gasteiger partial charge in [-0.2, -0.15) is 0 Å². The number of rotatable bonds is 3. The quantitative estimate of drug-likeness (QED) is 0.738. The molecule has 0 aromatic heterocycles. The van der Waals surface area contributed by atoms with Gasteiger partial charge in [-0.25, -0.2) is 0 Å². The third kappa shape index (κ3) is 3.08.